The number of benzene rings is 2. The first kappa shape index (κ1) is 17.9. The average molecular weight is 374 g/mol. The second-order valence-corrected chi connectivity index (χ2v) is 6.63. The van der Waals surface area contributed by atoms with E-state index >= 15 is 0 Å². The van der Waals surface area contributed by atoms with Crippen LogP contribution in [0.25, 0.3) is 22.3 Å². The van der Waals surface area contributed by atoms with Gasteiger partial charge in [0.2, 0.25) is 0 Å². The number of carbonyl (C=O) groups excluding carboxylic acids is 1. The van der Waals surface area contributed by atoms with Gasteiger partial charge in [-0.25, -0.2) is 0 Å². The fraction of sp³-hybridized carbons (Fsp3) is 0.182. The Hall–Kier alpha value is -3.54. The lowest BCUT2D eigenvalue weighted by atomic mass is 10.1. The highest BCUT2D eigenvalue weighted by molar-refractivity contribution is 6.05. The topological polar surface area (TPSA) is 71.9 Å². The molecule has 0 atom stereocenters. The van der Waals surface area contributed by atoms with Gasteiger partial charge in [-0.1, -0.05) is 18.2 Å². The monoisotopic (exact) mass is 374 g/mol. The van der Waals surface area contributed by atoms with E-state index in [0.29, 0.717) is 11.4 Å². The van der Waals surface area contributed by atoms with Crippen LogP contribution in [0, 0.1) is 6.92 Å². The van der Waals surface area contributed by atoms with Gasteiger partial charge in [-0.2, -0.15) is 5.10 Å². The van der Waals surface area contributed by atoms with Gasteiger partial charge in [-0.15, -0.1) is 0 Å². The molecule has 0 saturated heterocycles. The van der Waals surface area contributed by atoms with Crippen LogP contribution in [0.2, 0.25) is 0 Å². The van der Waals surface area contributed by atoms with Crippen LogP contribution in [-0.2, 0) is 6.54 Å². The number of amides is 1. The van der Waals surface area contributed by atoms with E-state index in [4.69, 9.17) is 4.74 Å². The van der Waals surface area contributed by atoms with Crippen molar-refractivity contribution >= 4 is 22.6 Å². The van der Waals surface area contributed by atoms with Gasteiger partial charge >= 0.3 is 0 Å². The van der Waals surface area contributed by atoms with Gasteiger partial charge in [0.1, 0.15) is 5.75 Å². The van der Waals surface area contributed by atoms with Crippen LogP contribution >= 0.6 is 0 Å². The molecule has 1 amide bonds. The Kier molecular flexibility index (Phi) is 4.61. The van der Waals surface area contributed by atoms with E-state index in [1.165, 1.54) is 0 Å². The van der Waals surface area contributed by atoms with E-state index in [0.717, 1.165) is 40.1 Å². The Labute approximate surface area is 163 Å². The Bertz CT molecular complexity index is 1160. The van der Waals surface area contributed by atoms with Crippen molar-refractivity contribution in [1.82, 2.24) is 14.8 Å². The van der Waals surface area contributed by atoms with E-state index in [1.54, 1.807) is 13.2 Å². The molecule has 0 aliphatic carbocycles. The number of H-pyrrole nitrogens is 1. The molecule has 0 spiro atoms. The molecule has 4 rings (SSSR count). The summed E-state index contributed by atoms with van der Waals surface area (Å²) >= 11 is 0. The van der Waals surface area contributed by atoms with Gasteiger partial charge in [-0.3, -0.25) is 9.89 Å². The van der Waals surface area contributed by atoms with Crippen LogP contribution in [0.5, 0.6) is 5.75 Å². The number of aromatic amines is 1. The van der Waals surface area contributed by atoms with Crippen molar-refractivity contribution in [2.24, 2.45) is 0 Å². The van der Waals surface area contributed by atoms with Crippen LogP contribution in [0.15, 0.2) is 54.6 Å². The number of rotatable bonds is 5. The zero-order valence-electron chi connectivity index (χ0n) is 16.1. The first-order chi connectivity index (χ1) is 13.6. The van der Waals surface area contributed by atoms with Crippen LogP contribution in [0.1, 0.15) is 22.8 Å². The lowest BCUT2D eigenvalue weighted by molar-refractivity contribution is 0.102. The summed E-state index contributed by atoms with van der Waals surface area (Å²) in [6.45, 7) is 4.83. The quantitative estimate of drug-likeness (QED) is 0.535. The SMILES string of the molecule is CCn1c(-c2cc(NC(=O)c3ccccc3C)n[nH]2)cc2cc(OC)ccc21. The van der Waals surface area contributed by atoms with Gasteiger partial charge in [0.15, 0.2) is 5.82 Å². The molecule has 4 aromatic rings. The number of fused-ring (bicyclic) bond motifs is 1. The molecular weight excluding hydrogens is 352 g/mol. The lowest BCUT2D eigenvalue weighted by Crippen LogP contribution is -2.13. The van der Waals surface area contributed by atoms with Crippen molar-refractivity contribution in [2.45, 2.75) is 20.4 Å². The Morgan fingerprint density at radius 2 is 2.00 bits per heavy atom. The van der Waals surface area contributed by atoms with Gasteiger partial charge < -0.3 is 14.6 Å². The number of hydrogen-bond acceptors (Lipinski definition) is 3. The Balaban J connectivity index is 1.66. The molecule has 0 unspecified atom stereocenters. The normalized spacial score (nSPS) is 11.0. The number of aromatic nitrogens is 3. The molecule has 0 aliphatic heterocycles. The maximum atomic E-state index is 12.5. The number of hydrogen-bond donors (Lipinski definition) is 2. The van der Waals surface area contributed by atoms with Gasteiger partial charge in [0.25, 0.3) is 5.91 Å². The van der Waals surface area contributed by atoms with Crippen molar-refractivity contribution in [1.29, 1.82) is 0 Å². The second kappa shape index (κ2) is 7.23. The third-order valence-electron chi connectivity index (χ3n) is 4.91. The third-order valence-corrected chi connectivity index (χ3v) is 4.91. The standard InChI is InChI=1S/C22H22N4O2/c1-4-26-19-10-9-16(28-3)11-15(19)12-20(26)18-13-21(25-24-18)23-22(27)17-8-6-5-7-14(17)2/h5-13H,4H2,1-3H3,(H2,23,24,25,27). The first-order valence-corrected chi connectivity index (χ1v) is 9.20. The molecule has 6 nitrogen and oxygen atoms in total. The molecule has 0 saturated carbocycles. The maximum absolute atomic E-state index is 12.5. The zero-order valence-corrected chi connectivity index (χ0v) is 16.1. The highest BCUT2D eigenvalue weighted by atomic mass is 16.5. The number of anilines is 1. The summed E-state index contributed by atoms with van der Waals surface area (Å²) in [6, 6.07) is 17.5. The van der Waals surface area contributed by atoms with E-state index in [1.807, 2.05) is 43.3 Å². The van der Waals surface area contributed by atoms with Crippen molar-refractivity contribution < 1.29 is 9.53 Å². The predicted molar refractivity (Wildman–Crippen MR) is 111 cm³/mol. The molecule has 6 heteroatoms. The maximum Gasteiger partial charge on any atom is 0.257 e. The zero-order chi connectivity index (χ0) is 19.7. The number of methoxy groups -OCH3 is 1. The Morgan fingerprint density at radius 1 is 1.18 bits per heavy atom. The van der Waals surface area contributed by atoms with E-state index in [9.17, 15) is 4.79 Å². The molecule has 2 aromatic heterocycles. The highest BCUT2D eigenvalue weighted by Gasteiger charge is 2.15. The molecule has 142 valence electrons. The van der Waals surface area contributed by atoms with Crippen molar-refractivity contribution in [3.8, 4) is 17.1 Å². The molecule has 0 radical (unpaired) electrons. The minimum atomic E-state index is -0.170. The smallest absolute Gasteiger partial charge is 0.257 e. The second-order valence-electron chi connectivity index (χ2n) is 6.63. The van der Waals surface area contributed by atoms with E-state index in [2.05, 4.69) is 39.1 Å². The first-order valence-electron chi connectivity index (χ1n) is 9.20. The minimum absolute atomic E-state index is 0.170. The molecule has 28 heavy (non-hydrogen) atoms. The average Bonchev–Trinajstić information content (AvgIpc) is 3.31. The highest BCUT2D eigenvalue weighted by Crippen LogP contribution is 2.30. The van der Waals surface area contributed by atoms with Crippen LogP contribution in [0.3, 0.4) is 0 Å². The number of nitrogens with zero attached hydrogens (tertiary/aromatic N) is 2. The van der Waals surface area contributed by atoms with Crippen LogP contribution in [-0.4, -0.2) is 27.8 Å². The largest absolute Gasteiger partial charge is 0.497 e. The van der Waals surface area contributed by atoms with Crippen molar-refractivity contribution in [3.05, 3.63) is 65.7 Å². The van der Waals surface area contributed by atoms with Gasteiger partial charge in [0, 0.05) is 29.1 Å². The summed E-state index contributed by atoms with van der Waals surface area (Å²) in [7, 11) is 1.66. The van der Waals surface area contributed by atoms with E-state index in [-0.39, 0.29) is 5.91 Å². The molecular formula is C22H22N4O2. The number of carbonyl (C=O) groups is 1. The molecule has 2 heterocycles. The van der Waals surface area contributed by atoms with Gasteiger partial charge in [0.05, 0.1) is 18.5 Å². The molecule has 0 fully saturated rings. The van der Waals surface area contributed by atoms with Gasteiger partial charge in [-0.05, 0) is 49.7 Å². The van der Waals surface area contributed by atoms with E-state index < -0.39 is 0 Å². The lowest BCUT2D eigenvalue weighted by Gasteiger charge is -2.06. The predicted octanol–water partition coefficient (Wildman–Crippen LogP) is 4.62. The summed E-state index contributed by atoms with van der Waals surface area (Å²) in [4.78, 5) is 12.5. The fourth-order valence-electron chi connectivity index (χ4n) is 3.47. The van der Waals surface area contributed by atoms with Crippen molar-refractivity contribution in [2.75, 3.05) is 12.4 Å². The Morgan fingerprint density at radius 3 is 2.75 bits per heavy atom. The molecule has 0 bridgehead atoms. The molecule has 2 aromatic carbocycles. The fourth-order valence-corrected chi connectivity index (χ4v) is 3.47. The summed E-state index contributed by atoms with van der Waals surface area (Å²) in [6.07, 6.45) is 0. The molecule has 0 aliphatic rings. The third kappa shape index (κ3) is 3.13. The number of aryl methyl sites for hydroxylation is 2. The van der Waals surface area contributed by atoms with Crippen LogP contribution < -0.4 is 10.1 Å². The number of nitrogens with one attached hydrogen (secondary N) is 2. The number of ether oxygens (including phenoxy) is 1. The summed E-state index contributed by atoms with van der Waals surface area (Å²) in [5.74, 6) is 1.15. The summed E-state index contributed by atoms with van der Waals surface area (Å²) < 4.78 is 7.54. The summed E-state index contributed by atoms with van der Waals surface area (Å²) in [5, 5.41) is 11.3. The molecule has 2 N–H and O–H groups in total. The van der Waals surface area contributed by atoms with Crippen molar-refractivity contribution in [3.63, 3.8) is 0 Å². The summed E-state index contributed by atoms with van der Waals surface area (Å²) in [5.41, 5.74) is 4.54. The minimum Gasteiger partial charge on any atom is -0.497 e. The van der Waals surface area contributed by atoms with Crippen LogP contribution in [0.4, 0.5) is 5.82 Å².